The molecule has 0 saturated carbocycles. The highest BCUT2D eigenvalue weighted by molar-refractivity contribution is 8.01. The minimum Gasteiger partial charge on any atom is -0.234 e. The van der Waals surface area contributed by atoms with Gasteiger partial charge in [0.2, 0.25) is 0 Å². The van der Waals surface area contributed by atoms with Crippen molar-refractivity contribution in [1.29, 1.82) is 0 Å². The largest absolute Gasteiger partial charge is 0.234 e. The first kappa shape index (κ1) is 10.9. The molecule has 0 aliphatic carbocycles. The summed E-state index contributed by atoms with van der Waals surface area (Å²) in [7, 11) is 0. The van der Waals surface area contributed by atoms with Crippen molar-refractivity contribution in [1.82, 2.24) is 15.0 Å². The number of aryl methyl sites for hydroxylation is 1. The molecule has 0 atom stereocenters. The highest BCUT2D eigenvalue weighted by atomic mass is 35.5. The molecule has 0 spiro atoms. The van der Waals surface area contributed by atoms with E-state index in [0.29, 0.717) is 5.15 Å². The van der Waals surface area contributed by atoms with E-state index in [-0.39, 0.29) is 0 Å². The fraction of sp³-hybridized carbons (Fsp3) is 0.222. The Bertz CT molecular complexity index is 458. The van der Waals surface area contributed by atoms with Crippen LogP contribution in [0.1, 0.15) is 12.6 Å². The second-order valence-electron chi connectivity index (χ2n) is 2.74. The smallest absolute Gasteiger partial charge is 0.156 e. The van der Waals surface area contributed by atoms with E-state index in [1.807, 2.05) is 0 Å². The molecule has 0 saturated heterocycles. The molecule has 2 rings (SSSR count). The number of halogens is 1. The monoisotopic (exact) mass is 257 g/mol. The summed E-state index contributed by atoms with van der Waals surface area (Å²) < 4.78 is 0.988. The number of hydrogen-bond donors (Lipinski definition) is 0. The zero-order valence-corrected chi connectivity index (χ0v) is 10.4. The molecule has 3 nitrogen and oxygen atoms in total. The lowest BCUT2D eigenvalue weighted by Crippen LogP contribution is -1.83. The molecular weight excluding hydrogens is 250 g/mol. The topological polar surface area (TPSA) is 38.7 Å². The molecule has 6 heteroatoms. The van der Waals surface area contributed by atoms with Crippen LogP contribution in [-0.2, 0) is 6.42 Å². The average Bonchev–Trinajstić information content (AvgIpc) is 2.65. The van der Waals surface area contributed by atoms with E-state index in [1.54, 1.807) is 17.4 Å². The second kappa shape index (κ2) is 4.92. The van der Waals surface area contributed by atoms with E-state index in [2.05, 4.69) is 27.3 Å². The molecule has 0 radical (unpaired) electrons. The van der Waals surface area contributed by atoms with Gasteiger partial charge in [-0.05, 0) is 18.2 Å². The minimum absolute atomic E-state index is 0.458. The highest BCUT2D eigenvalue weighted by Crippen LogP contribution is 2.29. The number of nitrogens with zero attached hydrogens (tertiary/aromatic N) is 3. The number of rotatable bonds is 3. The molecule has 0 N–H and O–H groups in total. The Labute approximate surface area is 101 Å². The van der Waals surface area contributed by atoms with Crippen molar-refractivity contribution in [3.63, 3.8) is 0 Å². The Morgan fingerprint density at radius 2 is 2.33 bits per heavy atom. The molecule has 0 aliphatic heterocycles. The summed E-state index contributed by atoms with van der Waals surface area (Å²) in [4.78, 5) is 12.4. The maximum Gasteiger partial charge on any atom is 0.156 e. The van der Waals surface area contributed by atoms with E-state index < -0.39 is 0 Å². The molecule has 0 bridgehead atoms. The second-order valence-corrected chi connectivity index (χ2v) is 5.25. The van der Waals surface area contributed by atoms with Crippen molar-refractivity contribution in [3.8, 4) is 0 Å². The predicted octanol–water partition coefficient (Wildman–Crippen LogP) is 3.30. The van der Waals surface area contributed by atoms with Gasteiger partial charge < -0.3 is 0 Å². The standard InChI is InChI=1S/C9H8ClN3S2/c1-2-6-4-14-9(13-6)15-8-3-7(10)11-5-12-8/h3-5H,2H2,1H3. The minimum atomic E-state index is 0.458. The molecule has 2 aromatic heterocycles. The molecule has 15 heavy (non-hydrogen) atoms. The summed E-state index contributed by atoms with van der Waals surface area (Å²) in [5.74, 6) is 0. The zero-order valence-electron chi connectivity index (χ0n) is 7.98. The third-order valence-electron chi connectivity index (χ3n) is 1.69. The normalized spacial score (nSPS) is 10.5. The van der Waals surface area contributed by atoms with Crippen LogP contribution >= 0.6 is 34.7 Å². The molecule has 2 heterocycles. The number of aromatic nitrogens is 3. The Kier molecular flexibility index (Phi) is 3.56. The van der Waals surface area contributed by atoms with Crippen LogP contribution in [0.2, 0.25) is 5.15 Å². The lowest BCUT2D eigenvalue weighted by atomic mass is 10.4. The van der Waals surface area contributed by atoms with Crippen LogP contribution in [0.3, 0.4) is 0 Å². The van der Waals surface area contributed by atoms with Crippen LogP contribution in [0.15, 0.2) is 27.1 Å². The maximum absolute atomic E-state index is 5.76. The van der Waals surface area contributed by atoms with Crippen molar-refractivity contribution in [2.75, 3.05) is 0 Å². The lowest BCUT2D eigenvalue weighted by molar-refractivity contribution is 1.01. The summed E-state index contributed by atoms with van der Waals surface area (Å²) in [6.45, 7) is 2.09. The molecule has 0 fully saturated rings. The van der Waals surface area contributed by atoms with Crippen molar-refractivity contribution >= 4 is 34.7 Å². The Balaban J connectivity index is 2.14. The van der Waals surface area contributed by atoms with Gasteiger partial charge in [-0.1, -0.05) is 18.5 Å². The molecule has 2 aromatic rings. The fourth-order valence-corrected chi connectivity index (χ4v) is 3.00. The molecule has 0 aliphatic rings. The third-order valence-corrected chi connectivity index (χ3v) is 3.82. The van der Waals surface area contributed by atoms with E-state index in [4.69, 9.17) is 11.6 Å². The van der Waals surface area contributed by atoms with E-state index in [1.165, 1.54) is 18.1 Å². The summed E-state index contributed by atoms with van der Waals surface area (Å²) in [5.41, 5.74) is 1.11. The van der Waals surface area contributed by atoms with E-state index >= 15 is 0 Å². The van der Waals surface area contributed by atoms with Crippen LogP contribution in [0.5, 0.6) is 0 Å². The number of thiazole rings is 1. The molecule has 78 valence electrons. The maximum atomic E-state index is 5.76. The molecule has 0 aromatic carbocycles. The van der Waals surface area contributed by atoms with Crippen molar-refractivity contribution < 1.29 is 0 Å². The number of hydrogen-bond acceptors (Lipinski definition) is 5. The Morgan fingerprint density at radius 3 is 3.00 bits per heavy atom. The SMILES string of the molecule is CCc1csc(Sc2cc(Cl)ncn2)n1. The van der Waals surface area contributed by atoms with Crippen molar-refractivity contribution in [2.24, 2.45) is 0 Å². The van der Waals surface area contributed by atoms with Crippen LogP contribution in [0.25, 0.3) is 0 Å². The van der Waals surface area contributed by atoms with Crippen LogP contribution < -0.4 is 0 Å². The van der Waals surface area contributed by atoms with Gasteiger partial charge in [0.25, 0.3) is 0 Å². The molecule has 0 amide bonds. The van der Waals surface area contributed by atoms with E-state index in [0.717, 1.165) is 21.5 Å². The van der Waals surface area contributed by atoms with E-state index in [9.17, 15) is 0 Å². The van der Waals surface area contributed by atoms with Gasteiger partial charge in [-0.2, -0.15) is 0 Å². The first-order valence-electron chi connectivity index (χ1n) is 4.37. The van der Waals surface area contributed by atoms with Gasteiger partial charge in [0.05, 0.1) is 5.69 Å². The summed E-state index contributed by atoms with van der Waals surface area (Å²) >= 11 is 8.90. The lowest BCUT2D eigenvalue weighted by Gasteiger charge is -1.95. The predicted molar refractivity (Wildman–Crippen MR) is 62.7 cm³/mol. The molecule has 0 unspecified atom stereocenters. The summed E-state index contributed by atoms with van der Waals surface area (Å²) in [6.07, 6.45) is 2.42. The zero-order chi connectivity index (χ0) is 10.7. The van der Waals surface area contributed by atoms with Crippen LogP contribution in [0.4, 0.5) is 0 Å². The third kappa shape index (κ3) is 2.90. The highest BCUT2D eigenvalue weighted by Gasteiger charge is 2.04. The quantitative estimate of drug-likeness (QED) is 0.791. The van der Waals surface area contributed by atoms with Gasteiger partial charge in [-0.15, -0.1) is 11.3 Å². The first-order chi connectivity index (χ1) is 7.28. The van der Waals surface area contributed by atoms with Gasteiger partial charge in [0, 0.05) is 11.4 Å². The van der Waals surface area contributed by atoms with Crippen molar-refractivity contribution in [3.05, 3.63) is 28.6 Å². The average molecular weight is 258 g/mol. The fourth-order valence-electron chi connectivity index (χ4n) is 0.960. The van der Waals surface area contributed by atoms with Crippen LogP contribution in [0, 0.1) is 0 Å². The van der Waals surface area contributed by atoms with Gasteiger partial charge in [0.15, 0.2) is 4.34 Å². The Hall–Kier alpha value is -0.650. The summed E-state index contributed by atoms with van der Waals surface area (Å²) in [6, 6.07) is 1.74. The van der Waals surface area contributed by atoms with Gasteiger partial charge in [0.1, 0.15) is 16.5 Å². The first-order valence-corrected chi connectivity index (χ1v) is 6.45. The van der Waals surface area contributed by atoms with Gasteiger partial charge >= 0.3 is 0 Å². The van der Waals surface area contributed by atoms with Crippen molar-refractivity contribution in [2.45, 2.75) is 22.7 Å². The summed E-state index contributed by atoms with van der Waals surface area (Å²) in [5, 5.41) is 3.34. The van der Waals surface area contributed by atoms with Gasteiger partial charge in [-0.3, -0.25) is 0 Å². The Morgan fingerprint density at radius 1 is 1.47 bits per heavy atom. The van der Waals surface area contributed by atoms with Crippen LogP contribution in [-0.4, -0.2) is 15.0 Å². The van der Waals surface area contributed by atoms with Gasteiger partial charge in [-0.25, -0.2) is 15.0 Å². The molecular formula is C9H8ClN3S2.